The zero-order valence-electron chi connectivity index (χ0n) is 16.5. The molecule has 162 valence electrons. The number of nitrogens with two attached hydrogens (primary N) is 1. The number of quaternary nitrogens is 1. The minimum Gasteiger partial charge on any atom is -0.431 e. The number of piperazine rings is 1. The first-order chi connectivity index (χ1) is 14.8. The fourth-order valence-electron chi connectivity index (χ4n) is 3.51. The second-order valence-corrected chi connectivity index (χ2v) is 9.30. The molecule has 1 fully saturated rings. The van der Waals surface area contributed by atoms with Crippen molar-refractivity contribution in [2.45, 2.75) is 4.90 Å². The normalized spacial score (nSPS) is 15.2. The first-order valence-corrected chi connectivity index (χ1v) is 11.5. The van der Waals surface area contributed by atoms with E-state index < -0.39 is 10.0 Å². The Kier molecular flexibility index (Phi) is 5.94. The van der Waals surface area contributed by atoms with Crippen LogP contribution in [0.25, 0.3) is 15.8 Å². The largest absolute Gasteiger partial charge is 0.431 e. The number of fused-ring (bicyclic) bond motifs is 1. The smallest absolute Gasteiger partial charge is 0.272 e. The molecule has 1 aromatic heterocycles. The summed E-state index contributed by atoms with van der Waals surface area (Å²) < 4.78 is 29.9. The average Bonchev–Trinajstić information content (AvgIpc) is 2.73. The number of hydrogen-bond donors (Lipinski definition) is 2. The molecular weight excluding hydrogens is 440 g/mol. The number of carbonyl (C=O) groups excluding carboxylic acids is 1. The van der Waals surface area contributed by atoms with Gasteiger partial charge in [0.15, 0.2) is 6.54 Å². The standard InChI is InChI=1S/C20H21ClN6O3S/c21-14-4-3-5-15(12-14)31(29,30)25-19-20(24-17-7-2-1-6-16(17)23-19)27-10-8-26(9-11-27)13-18(22)28/h1-7,12H,8-11,13H2,(H3,22,23,25,28). The Morgan fingerprint density at radius 1 is 1.10 bits per heavy atom. The van der Waals surface area contributed by atoms with Gasteiger partial charge in [-0.3, -0.25) is 4.79 Å². The molecule has 0 bridgehead atoms. The minimum atomic E-state index is -4.05. The van der Waals surface area contributed by atoms with Crippen LogP contribution < -0.4 is 15.5 Å². The molecule has 3 N–H and O–H groups in total. The third-order valence-electron chi connectivity index (χ3n) is 5.03. The summed E-state index contributed by atoms with van der Waals surface area (Å²) in [6.07, 6.45) is 0. The summed E-state index contributed by atoms with van der Waals surface area (Å²) in [5.41, 5.74) is 6.49. The van der Waals surface area contributed by atoms with Crippen LogP contribution >= 0.6 is 11.6 Å². The van der Waals surface area contributed by atoms with Gasteiger partial charge in [-0.05, 0) is 35.6 Å². The molecule has 0 spiro atoms. The van der Waals surface area contributed by atoms with Crippen molar-refractivity contribution in [2.24, 2.45) is 5.73 Å². The predicted octanol–water partition coefficient (Wildman–Crippen LogP) is 0.868. The second kappa shape index (κ2) is 8.66. The van der Waals surface area contributed by atoms with E-state index in [9.17, 15) is 13.2 Å². The highest BCUT2D eigenvalue weighted by Gasteiger charge is 2.24. The highest BCUT2D eigenvalue weighted by molar-refractivity contribution is 7.94. The highest BCUT2D eigenvalue weighted by atomic mass is 35.5. The van der Waals surface area contributed by atoms with Crippen molar-refractivity contribution in [3.8, 4) is 0 Å². The van der Waals surface area contributed by atoms with Gasteiger partial charge < -0.3 is 25.2 Å². The van der Waals surface area contributed by atoms with Crippen molar-refractivity contribution in [1.82, 2.24) is 9.97 Å². The summed E-state index contributed by atoms with van der Waals surface area (Å²) in [6, 6.07) is 13.1. The average molecular weight is 461 g/mol. The van der Waals surface area contributed by atoms with E-state index in [0.717, 1.165) is 4.90 Å². The molecule has 31 heavy (non-hydrogen) atoms. The molecule has 1 aliphatic rings. The van der Waals surface area contributed by atoms with Gasteiger partial charge in [-0.25, -0.2) is 13.4 Å². The number of anilines is 1. The number of rotatable bonds is 6. The second-order valence-electron chi connectivity index (χ2n) is 7.26. The Morgan fingerprint density at radius 2 is 1.77 bits per heavy atom. The zero-order valence-corrected chi connectivity index (χ0v) is 18.1. The van der Waals surface area contributed by atoms with Crippen LogP contribution in [0.15, 0.2) is 53.4 Å². The number of amides is 1. The van der Waals surface area contributed by atoms with E-state index in [4.69, 9.17) is 17.3 Å². The van der Waals surface area contributed by atoms with Gasteiger partial charge in [0.25, 0.3) is 5.91 Å². The van der Waals surface area contributed by atoms with Crippen LogP contribution in [0.1, 0.15) is 0 Å². The van der Waals surface area contributed by atoms with Crippen LogP contribution in [0.2, 0.25) is 5.02 Å². The Balaban J connectivity index is 1.68. The van der Waals surface area contributed by atoms with Gasteiger partial charge in [0.2, 0.25) is 10.0 Å². The molecule has 9 nitrogen and oxygen atoms in total. The number of aromatic nitrogens is 2. The van der Waals surface area contributed by atoms with Crippen LogP contribution in [0, 0.1) is 0 Å². The molecule has 0 atom stereocenters. The van der Waals surface area contributed by atoms with Crippen molar-refractivity contribution in [2.75, 3.05) is 37.6 Å². The third kappa shape index (κ3) is 4.87. The van der Waals surface area contributed by atoms with Crippen molar-refractivity contribution in [1.29, 1.82) is 0 Å². The molecule has 1 aliphatic heterocycles. The van der Waals surface area contributed by atoms with Gasteiger partial charge in [-0.2, -0.15) is 0 Å². The maximum absolute atomic E-state index is 12.9. The number of carbonyl (C=O) groups is 1. The predicted molar refractivity (Wildman–Crippen MR) is 118 cm³/mol. The zero-order chi connectivity index (χ0) is 22.0. The SMILES string of the molecule is NC(=O)C[NH+]1CCN(c2nc3ccccc3nc2[N-]S(=O)(=O)c2cccc(Cl)c2)CC1. The van der Waals surface area contributed by atoms with Crippen LogP contribution in [0.5, 0.6) is 0 Å². The van der Waals surface area contributed by atoms with E-state index in [2.05, 4.69) is 14.7 Å². The van der Waals surface area contributed by atoms with Crippen molar-refractivity contribution < 1.29 is 18.1 Å². The summed E-state index contributed by atoms with van der Waals surface area (Å²) in [4.78, 5) is 23.4. The molecule has 0 unspecified atom stereocenters. The number of para-hydroxylation sites is 2. The topological polar surface area (TPSA) is 125 Å². The quantitative estimate of drug-likeness (QED) is 0.562. The Morgan fingerprint density at radius 3 is 2.42 bits per heavy atom. The molecule has 0 radical (unpaired) electrons. The lowest BCUT2D eigenvalue weighted by Crippen LogP contribution is -3.15. The van der Waals surface area contributed by atoms with E-state index in [1.165, 1.54) is 12.1 Å². The van der Waals surface area contributed by atoms with Crippen LogP contribution in [-0.2, 0) is 14.8 Å². The number of benzene rings is 2. The molecule has 0 aliphatic carbocycles. The van der Waals surface area contributed by atoms with Gasteiger partial charge in [0, 0.05) is 5.02 Å². The Hall–Kier alpha value is -2.95. The number of nitrogens with one attached hydrogen (secondary N) is 1. The highest BCUT2D eigenvalue weighted by Crippen LogP contribution is 2.35. The first kappa shape index (κ1) is 21.3. The van der Waals surface area contributed by atoms with E-state index in [1.54, 1.807) is 24.3 Å². The fraction of sp³-hybridized carbons (Fsp3) is 0.250. The van der Waals surface area contributed by atoms with Gasteiger partial charge in [-0.1, -0.05) is 35.9 Å². The Bertz CT molecular complexity index is 1230. The van der Waals surface area contributed by atoms with E-state index in [-0.39, 0.29) is 23.2 Å². The summed E-state index contributed by atoms with van der Waals surface area (Å²) in [5, 5.41) is 0.301. The fourth-order valence-corrected chi connectivity index (χ4v) is 4.74. The lowest BCUT2D eigenvalue weighted by Gasteiger charge is -2.35. The molecular formula is C20H21ClN6O3S. The van der Waals surface area contributed by atoms with Crippen LogP contribution in [-0.4, -0.2) is 57.0 Å². The maximum atomic E-state index is 12.9. The maximum Gasteiger partial charge on any atom is 0.272 e. The van der Waals surface area contributed by atoms with E-state index >= 15 is 0 Å². The van der Waals surface area contributed by atoms with E-state index in [1.807, 2.05) is 17.0 Å². The van der Waals surface area contributed by atoms with Crippen molar-refractivity contribution in [3.63, 3.8) is 0 Å². The summed E-state index contributed by atoms with van der Waals surface area (Å²) in [5.74, 6) is 0.0664. The minimum absolute atomic E-state index is 0.0170. The number of halogens is 1. The third-order valence-corrected chi connectivity index (χ3v) is 6.53. The molecule has 4 rings (SSSR count). The summed E-state index contributed by atoms with van der Waals surface area (Å²) in [7, 11) is -4.05. The van der Waals surface area contributed by atoms with Gasteiger partial charge >= 0.3 is 0 Å². The van der Waals surface area contributed by atoms with Crippen LogP contribution in [0.3, 0.4) is 0 Å². The number of primary amides is 1. The van der Waals surface area contributed by atoms with Gasteiger partial charge in [0.1, 0.15) is 5.82 Å². The lowest BCUT2D eigenvalue weighted by molar-refractivity contribution is -0.892. The number of sulfonamides is 1. The molecule has 0 saturated carbocycles. The monoisotopic (exact) mass is 460 g/mol. The van der Waals surface area contributed by atoms with Crippen LogP contribution in [0.4, 0.5) is 11.6 Å². The van der Waals surface area contributed by atoms with Crippen molar-refractivity contribution >= 4 is 50.2 Å². The van der Waals surface area contributed by atoms with Crippen molar-refractivity contribution in [3.05, 3.63) is 58.3 Å². The first-order valence-electron chi connectivity index (χ1n) is 9.69. The molecule has 1 saturated heterocycles. The van der Waals surface area contributed by atoms with E-state index in [0.29, 0.717) is 48.1 Å². The Labute approximate surface area is 184 Å². The lowest BCUT2D eigenvalue weighted by atomic mass is 10.2. The molecule has 11 heteroatoms. The molecule has 1 amide bonds. The number of nitrogens with zero attached hydrogens (tertiary/aromatic N) is 4. The summed E-state index contributed by atoms with van der Waals surface area (Å²) in [6.45, 7) is 2.72. The van der Waals surface area contributed by atoms with Gasteiger partial charge in [0.05, 0.1) is 36.6 Å². The number of hydrogen-bond acceptors (Lipinski definition) is 6. The molecule has 2 heterocycles. The molecule has 2 aromatic carbocycles. The molecule has 3 aromatic rings. The van der Waals surface area contributed by atoms with Gasteiger partial charge in [-0.15, -0.1) is 0 Å². The summed E-state index contributed by atoms with van der Waals surface area (Å²) >= 11 is 5.96.